The van der Waals surface area contributed by atoms with Gasteiger partial charge in [-0.3, -0.25) is 9.59 Å². The van der Waals surface area contributed by atoms with Crippen LogP contribution >= 0.6 is 0 Å². The summed E-state index contributed by atoms with van der Waals surface area (Å²) in [5.41, 5.74) is 2.20. The van der Waals surface area contributed by atoms with E-state index in [-0.39, 0.29) is 6.54 Å². The van der Waals surface area contributed by atoms with E-state index in [2.05, 4.69) is 11.0 Å². The number of anilines is 1. The molecule has 1 saturated heterocycles. The Morgan fingerprint density at radius 3 is 2.41 bits per heavy atom. The smallest absolute Gasteiger partial charge is 0.323 e. The normalized spacial score (nSPS) is 15.6. The first-order chi connectivity index (χ1) is 12.7. The number of carboxylic acid groups (broad SMARTS) is 1. The van der Waals surface area contributed by atoms with Gasteiger partial charge >= 0.3 is 5.97 Å². The summed E-state index contributed by atoms with van der Waals surface area (Å²) >= 11 is 0. The molecule has 0 bridgehead atoms. The number of sulfonamides is 1. The summed E-state index contributed by atoms with van der Waals surface area (Å²) in [7, 11) is -3.77. The predicted octanol–water partition coefficient (Wildman–Crippen LogP) is 0.770. The molecule has 150 valence electrons. The van der Waals surface area contributed by atoms with Gasteiger partial charge in [-0.15, -0.1) is 0 Å². The molecule has 2 rings (SSSR count). The van der Waals surface area contributed by atoms with E-state index in [1.54, 1.807) is 6.92 Å². The summed E-state index contributed by atoms with van der Waals surface area (Å²) in [6.45, 7) is 5.25. The zero-order valence-electron chi connectivity index (χ0n) is 15.8. The van der Waals surface area contributed by atoms with Gasteiger partial charge in [0.05, 0.1) is 0 Å². The molecule has 1 aromatic carbocycles. The number of hydrogen-bond acceptors (Lipinski definition) is 5. The van der Waals surface area contributed by atoms with Crippen LogP contribution in [0.5, 0.6) is 0 Å². The third-order valence-electron chi connectivity index (χ3n) is 4.48. The Labute approximate surface area is 160 Å². The van der Waals surface area contributed by atoms with Gasteiger partial charge < -0.3 is 14.9 Å². The quantitative estimate of drug-likeness (QED) is 0.696. The lowest BCUT2D eigenvalue weighted by Gasteiger charge is -2.35. The number of nitrogens with zero attached hydrogens (tertiary/aromatic N) is 3. The Bertz CT molecular complexity index is 773. The summed E-state index contributed by atoms with van der Waals surface area (Å²) < 4.78 is 26.5. The highest BCUT2D eigenvalue weighted by atomic mass is 32.2. The van der Waals surface area contributed by atoms with Crippen molar-refractivity contribution < 1.29 is 23.1 Å². The van der Waals surface area contributed by atoms with E-state index in [0.29, 0.717) is 32.6 Å². The van der Waals surface area contributed by atoms with Crippen LogP contribution in [0.25, 0.3) is 0 Å². The predicted molar refractivity (Wildman–Crippen MR) is 103 cm³/mol. The molecule has 0 atom stereocenters. The van der Waals surface area contributed by atoms with Crippen molar-refractivity contribution in [3.8, 4) is 0 Å². The maximum absolute atomic E-state index is 12.6. The number of aryl methyl sites for hydroxylation is 1. The van der Waals surface area contributed by atoms with Crippen LogP contribution in [-0.2, 0) is 19.6 Å². The number of carbonyl (C=O) groups is 2. The number of amides is 1. The molecular formula is C18H27N3O5S. The number of hydrogen-bond donors (Lipinski definition) is 1. The van der Waals surface area contributed by atoms with Crippen molar-refractivity contribution in [3.63, 3.8) is 0 Å². The third kappa shape index (κ3) is 5.93. The first-order valence-corrected chi connectivity index (χ1v) is 10.6. The SMILES string of the molecule is CCCN(CC(=O)O)C(=O)CS(=O)(=O)N1CCN(c2cccc(C)c2)CC1. The van der Waals surface area contributed by atoms with Gasteiger partial charge in [0.1, 0.15) is 12.3 Å². The van der Waals surface area contributed by atoms with Gasteiger partial charge in [-0.05, 0) is 31.0 Å². The lowest BCUT2D eigenvalue weighted by Crippen LogP contribution is -2.51. The van der Waals surface area contributed by atoms with Crippen LogP contribution in [-0.4, -0.2) is 79.6 Å². The highest BCUT2D eigenvalue weighted by molar-refractivity contribution is 7.89. The first kappa shape index (κ1) is 21.2. The van der Waals surface area contributed by atoms with Crippen molar-refractivity contribution in [2.45, 2.75) is 20.3 Å². The van der Waals surface area contributed by atoms with E-state index in [1.807, 2.05) is 25.1 Å². The van der Waals surface area contributed by atoms with Crippen LogP contribution in [0.4, 0.5) is 5.69 Å². The van der Waals surface area contributed by atoms with Crippen LogP contribution in [0.1, 0.15) is 18.9 Å². The molecule has 9 heteroatoms. The van der Waals surface area contributed by atoms with Gasteiger partial charge in [0.25, 0.3) is 0 Å². The van der Waals surface area contributed by atoms with Crippen LogP contribution in [0, 0.1) is 6.92 Å². The van der Waals surface area contributed by atoms with Crippen molar-refractivity contribution >= 4 is 27.6 Å². The second-order valence-electron chi connectivity index (χ2n) is 6.69. The molecule has 0 aromatic heterocycles. The molecule has 0 unspecified atom stereocenters. The zero-order chi connectivity index (χ0) is 20.0. The molecule has 1 aliphatic rings. The standard InChI is InChI=1S/C18H27N3O5S/c1-3-7-20(13-18(23)24)17(22)14-27(25,26)21-10-8-19(9-11-21)16-6-4-5-15(2)12-16/h4-6,12H,3,7-11,13-14H2,1-2H3,(H,23,24). The van der Waals surface area contributed by atoms with Gasteiger partial charge in [-0.25, -0.2) is 8.42 Å². The minimum absolute atomic E-state index is 0.224. The van der Waals surface area contributed by atoms with Crippen molar-refractivity contribution in [1.82, 2.24) is 9.21 Å². The van der Waals surface area contributed by atoms with Crippen LogP contribution in [0.3, 0.4) is 0 Å². The van der Waals surface area contributed by atoms with Crippen molar-refractivity contribution in [1.29, 1.82) is 0 Å². The van der Waals surface area contributed by atoms with E-state index < -0.39 is 34.2 Å². The molecule has 0 saturated carbocycles. The van der Waals surface area contributed by atoms with Gasteiger partial charge in [-0.1, -0.05) is 19.1 Å². The summed E-state index contributed by atoms with van der Waals surface area (Å²) in [5, 5.41) is 8.90. The Balaban J connectivity index is 1.97. The Hall–Kier alpha value is -2.13. The third-order valence-corrected chi connectivity index (χ3v) is 6.24. The van der Waals surface area contributed by atoms with Crippen LogP contribution in [0.15, 0.2) is 24.3 Å². The summed E-state index contributed by atoms with van der Waals surface area (Å²) in [5.74, 6) is -2.51. The molecule has 27 heavy (non-hydrogen) atoms. The lowest BCUT2D eigenvalue weighted by molar-refractivity contribution is -0.143. The van der Waals surface area contributed by atoms with E-state index in [9.17, 15) is 18.0 Å². The van der Waals surface area contributed by atoms with Gasteiger partial charge in [0.15, 0.2) is 0 Å². The first-order valence-electron chi connectivity index (χ1n) is 9.02. The maximum Gasteiger partial charge on any atom is 0.323 e. The van der Waals surface area contributed by atoms with Crippen molar-refractivity contribution in [2.24, 2.45) is 0 Å². The largest absolute Gasteiger partial charge is 0.480 e. The Morgan fingerprint density at radius 2 is 1.85 bits per heavy atom. The molecule has 1 N–H and O–H groups in total. The number of rotatable bonds is 8. The molecule has 1 aliphatic heterocycles. The van der Waals surface area contributed by atoms with Crippen LogP contribution in [0.2, 0.25) is 0 Å². The van der Waals surface area contributed by atoms with Gasteiger partial charge in [0.2, 0.25) is 15.9 Å². The number of aliphatic carboxylic acids is 1. The fourth-order valence-corrected chi connectivity index (χ4v) is 4.51. The van der Waals surface area contributed by atoms with E-state index in [4.69, 9.17) is 5.11 Å². The molecule has 0 aliphatic carbocycles. The minimum atomic E-state index is -3.77. The average molecular weight is 397 g/mol. The van der Waals surface area contributed by atoms with Gasteiger partial charge in [-0.2, -0.15) is 4.31 Å². The van der Waals surface area contributed by atoms with Crippen molar-refractivity contribution in [3.05, 3.63) is 29.8 Å². The average Bonchev–Trinajstić information content (AvgIpc) is 2.61. The Kier molecular flexibility index (Phi) is 7.20. The number of piperazine rings is 1. The van der Waals surface area contributed by atoms with E-state index in [0.717, 1.165) is 16.2 Å². The van der Waals surface area contributed by atoms with E-state index >= 15 is 0 Å². The molecule has 1 fully saturated rings. The topological polar surface area (TPSA) is 98.2 Å². The fourth-order valence-electron chi connectivity index (χ4n) is 3.11. The van der Waals surface area contributed by atoms with Crippen LogP contribution < -0.4 is 4.90 Å². The minimum Gasteiger partial charge on any atom is -0.480 e. The zero-order valence-corrected chi connectivity index (χ0v) is 16.6. The molecule has 1 heterocycles. The second-order valence-corrected chi connectivity index (χ2v) is 8.66. The van der Waals surface area contributed by atoms with Gasteiger partial charge in [0, 0.05) is 38.4 Å². The second kappa shape index (κ2) is 9.18. The molecule has 1 aromatic rings. The fraction of sp³-hybridized carbons (Fsp3) is 0.556. The monoisotopic (exact) mass is 397 g/mol. The summed E-state index contributed by atoms with van der Waals surface area (Å²) in [6.07, 6.45) is 0.564. The number of carboxylic acids is 1. The lowest BCUT2D eigenvalue weighted by atomic mass is 10.2. The molecule has 0 spiro atoms. The molecule has 8 nitrogen and oxygen atoms in total. The number of benzene rings is 1. The van der Waals surface area contributed by atoms with E-state index in [1.165, 1.54) is 4.31 Å². The summed E-state index contributed by atoms with van der Waals surface area (Å²) in [6, 6.07) is 8.03. The molecular weight excluding hydrogens is 370 g/mol. The maximum atomic E-state index is 12.6. The highest BCUT2D eigenvalue weighted by Crippen LogP contribution is 2.19. The molecule has 0 radical (unpaired) electrons. The molecule has 1 amide bonds. The van der Waals surface area contributed by atoms with Crippen molar-refractivity contribution in [2.75, 3.05) is 49.9 Å². The Morgan fingerprint density at radius 1 is 1.19 bits per heavy atom. The summed E-state index contributed by atoms with van der Waals surface area (Å²) in [4.78, 5) is 26.4. The number of carbonyl (C=O) groups excluding carboxylic acids is 1. The highest BCUT2D eigenvalue weighted by Gasteiger charge is 2.31.